The van der Waals surface area contributed by atoms with Gasteiger partial charge in [0.15, 0.2) is 0 Å². The van der Waals surface area contributed by atoms with Gasteiger partial charge in [-0.05, 0) is 19.1 Å². The average Bonchev–Trinajstić information content (AvgIpc) is 3.04. The molecule has 8 heteroatoms. The largest absolute Gasteiger partial charge is 0.467 e. The highest BCUT2D eigenvalue weighted by Gasteiger charge is 2.22. The van der Waals surface area contributed by atoms with Crippen LogP contribution in [0.3, 0.4) is 0 Å². The molecule has 0 fully saturated rings. The molecule has 1 unspecified atom stereocenters. The quantitative estimate of drug-likeness (QED) is 0.648. The molecule has 0 saturated heterocycles. The van der Waals surface area contributed by atoms with Crippen molar-refractivity contribution in [3.05, 3.63) is 50.1 Å². The number of amides is 1. The van der Waals surface area contributed by atoms with E-state index in [1.807, 2.05) is 0 Å². The maximum Gasteiger partial charge on any atom is 0.283 e. The van der Waals surface area contributed by atoms with Gasteiger partial charge in [0, 0.05) is 6.07 Å². The molecule has 2 aromatic rings. The predicted octanol–water partition coefficient (Wildman–Crippen LogP) is 2.02. The van der Waals surface area contributed by atoms with E-state index in [-0.39, 0.29) is 17.2 Å². The van der Waals surface area contributed by atoms with E-state index in [0.29, 0.717) is 10.6 Å². The number of rotatable bonds is 5. The van der Waals surface area contributed by atoms with Crippen LogP contribution in [0.15, 0.2) is 28.9 Å². The fourth-order valence-electron chi connectivity index (χ4n) is 1.69. The van der Waals surface area contributed by atoms with Gasteiger partial charge in [-0.1, -0.05) is 0 Å². The molecule has 1 atom stereocenters. The van der Waals surface area contributed by atoms with Crippen molar-refractivity contribution in [2.75, 3.05) is 6.61 Å². The second-order valence-corrected chi connectivity index (χ2v) is 5.29. The van der Waals surface area contributed by atoms with Gasteiger partial charge in [-0.3, -0.25) is 14.9 Å². The zero-order valence-electron chi connectivity index (χ0n) is 10.5. The van der Waals surface area contributed by atoms with Crippen molar-refractivity contribution in [2.45, 2.75) is 13.0 Å². The van der Waals surface area contributed by atoms with Crippen LogP contribution < -0.4 is 5.32 Å². The molecule has 0 bridgehead atoms. The number of furan rings is 1. The molecule has 0 aromatic carbocycles. The Hall–Kier alpha value is -2.19. The monoisotopic (exact) mass is 296 g/mol. The molecule has 2 N–H and O–H groups in total. The number of hydrogen-bond acceptors (Lipinski definition) is 6. The van der Waals surface area contributed by atoms with Crippen LogP contribution in [0.4, 0.5) is 5.69 Å². The second kappa shape index (κ2) is 5.85. The standard InChI is InChI=1S/C12H12N2O5S/c1-7-9(14(17)18)5-11(20-7)12(16)13-8(6-15)10-3-2-4-19-10/h2-5,8,15H,6H2,1H3,(H,13,16). The second-order valence-electron chi connectivity index (χ2n) is 4.03. The number of thiophene rings is 1. The van der Waals surface area contributed by atoms with Crippen molar-refractivity contribution in [1.29, 1.82) is 0 Å². The van der Waals surface area contributed by atoms with Crippen molar-refractivity contribution >= 4 is 22.9 Å². The lowest BCUT2D eigenvalue weighted by Crippen LogP contribution is -2.29. The summed E-state index contributed by atoms with van der Waals surface area (Å²) in [6.45, 7) is 1.25. The Bertz CT molecular complexity index is 620. The van der Waals surface area contributed by atoms with Crippen molar-refractivity contribution in [1.82, 2.24) is 5.32 Å². The topological polar surface area (TPSA) is 106 Å². The van der Waals surface area contributed by atoms with E-state index in [0.717, 1.165) is 11.3 Å². The van der Waals surface area contributed by atoms with Crippen LogP contribution in [0.1, 0.15) is 26.4 Å². The number of nitro groups is 1. The summed E-state index contributed by atoms with van der Waals surface area (Å²) in [5.74, 6) is -0.0646. The lowest BCUT2D eigenvalue weighted by Gasteiger charge is -2.12. The first-order chi connectivity index (χ1) is 9.52. The van der Waals surface area contributed by atoms with Crippen LogP contribution in [0, 0.1) is 17.0 Å². The molecule has 0 aliphatic heterocycles. The van der Waals surface area contributed by atoms with Gasteiger partial charge in [0.25, 0.3) is 11.6 Å². The number of aryl methyl sites for hydroxylation is 1. The zero-order valence-corrected chi connectivity index (χ0v) is 11.3. The van der Waals surface area contributed by atoms with Crippen LogP contribution in [0.25, 0.3) is 0 Å². The minimum absolute atomic E-state index is 0.0845. The third-order valence-corrected chi connectivity index (χ3v) is 3.73. The maximum atomic E-state index is 12.0. The highest BCUT2D eigenvalue weighted by atomic mass is 32.1. The van der Waals surface area contributed by atoms with Gasteiger partial charge in [0.2, 0.25) is 0 Å². The van der Waals surface area contributed by atoms with E-state index < -0.39 is 16.9 Å². The highest BCUT2D eigenvalue weighted by molar-refractivity contribution is 7.14. The third-order valence-electron chi connectivity index (χ3n) is 2.69. The molecule has 7 nitrogen and oxygen atoms in total. The van der Waals surface area contributed by atoms with Gasteiger partial charge in [0.1, 0.15) is 11.8 Å². The van der Waals surface area contributed by atoms with E-state index in [4.69, 9.17) is 4.42 Å². The Morgan fingerprint density at radius 1 is 1.65 bits per heavy atom. The molecule has 0 aliphatic rings. The molecule has 2 rings (SSSR count). The number of carbonyl (C=O) groups is 1. The summed E-state index contributed by atoms with van der Waals surface area (Å²) in [5.41, 5.74) is -0.0845. The Kier molecular flexibility index (Phi) is 4.16. The fourth-order valence-corrected chi connectivity index (χ4v) is 2.58. The van der Waals surface area contributed by atoms with Gasteiger partial charge >= 0.3 is 0 Å². The van der Waals surface area contributed by atoms with Crippen molar-refractivity contribution in [2.24, 2.45) is 0 Å². The summed E-state index contributed by atoms with van der Waals surface area (Å²) in [4.78, 5) is 22.9. The van der Waals surface area contributed by atoms with Crippen LogP contribution in [0.2, 0.25) is 0 Å². The molecule has 0 saturated carbocycles. The van der Waals surface area contributed by atoms with Gasteiger partial charge < -0.3 is 14.8 Å². The molecule has 2 heterocycles. The Morgan fingerprint density at radius 2 is 2.40 bits per heavy atom. The van der Waals surface area contributed by atoms with Crippen LogP contribution in [-0.4, -0.2) is 22.5 Å². The molecule has 1 amide bonds. The predicted molar refractivity (Wildman–Crippen MR) is 71.7 cm³/mol. The van der Waals surface area contributed by atoms with Crippen LogP contribution in [0.5, 0.6) is 0 Å². The van der Waals surface area contributed by atoms with Gasteiger partial charge in [-0.15, -0.1) is 11.3 Å². The first-order valence-electron chi connectivity index (χ1n) is 5.73. The summed E-state index contributed by atoms with van der Waals surface area (Å²) in [6, 6.07) is 3.82. The number of aliphatic hydroxyl groups is 1. The summed E-state index contributed by atoms with van der Waals surface area (Å²) < 4.78 is 5.11. The molecular weight excluding hydrogens is 284 g/mol. The molecule has 2 aromatic heterocycles. The van der Waals surface area contributed by atoms with Gasteiger partial charge in [-0.25, -0.2) is 0 Å². The summed E-state index contributed by atoms with van der Waals surface area (Å²) in [7, 11) is 0. The van der Waals surface area contributed by atoms with Gasteiger partial charge in [-0.2, -0.15) is 0 Å². The fraction of sp³-hybridized carbons (Fsp3) is 0.250. The Morgan fingerprint density at radius 3 is 2.90 bits per heavy atom. The van der Waals surface area contributed by atoms with Crippen LogP contribution in [-0.2, 0) is 0 Å². The normalized spacial score (nSPS) is 12.1. The zero-order chi connectivity index (χ0) is 14.7. The molecule has 0 spiro atoms. The minimum Gasteiger partial charge on any atom is -0.467 e. The molecule has 20 heavy (non-hydrogen) atoms. The van der Waals surface area contributed by atoms with E-state index in [9.17, 15) is 20.0 Å². The number of hydrogen-bond donors (Lipinski definition) is 2. The average molecular weight is 296 g/mol. The SMILES string of the molecule is Cc1sc(C(=O)NC(CO)c2ccco2)cc1[N+](=O)[O-]. The van der Waals surface area contributed by atoms with Crippen LogP contribution >= 0.6 is 11.3 Å². The lowest BCUT2D eigenvalue weighted by atomic mass is 10.2. The summed E-state index contributed by atoms with van der Waals surface area (Å²) in [6.07, 6.45) is 1.43. The Labute approximate surface area is 118 Å². The smallest absolute Gasteiger partial charge is 0.283 e. The first-order valence-corrected chi connectivity index (χ1v) is 6.54. The number of nitrogens with zero attached hydrogens (tertiary/aromatic N) is 1. The van der Waals surface area contributed by atoms with Gasteiger partial charge in [0.05, 0.1) is 27.5 Å². The van der Waals surface area contributed by atoms with Crippen molar-refractivity contribution in [3.63, 3.8) is 0 Å². The highest BCUT2D eigenvalue weighted by Crippen LogP contribution is 2.28. The lowest BCUT2D eigenvalue weighted by molar-refractivity contribution is -0.385. The van der Waals surface area contributed by atoms with Crippen molar-refractivity contribution in [3.8, 4) is 0 Å². The number of aliphatic hydroxyl groups excluding tert-OH is 1. The Balaban J connectivity index is 2.15. The van der Waals surface area contributed by atoms with E-state index in [2.05, 4.69) is 5.32 Å². The minimum atomic E-state index is -0.682. The summed E-state index contributed by atoms with van der Waals surface area (Å²) in [5, 5.41) is 22.6. The van der Waals surface area contributed by atoms with Crippen molar-refractivity contribution < 1.29 is 19.2 Å². The number of carbonyl (C=O) groups excluding carboxylic acids is 1. The van der Waals surface area contributed by atoms with E-state index >= 15 is 0 Å². The molecular formula is C12H12N2O5S. The molecule has 0 radical (unpaired) electrons. The van der Waals surface area contributed by atoms with E-state index in [1.165, 1.54) is 12.3 Å². The third kappa shape index (κ3) is 2.86. The molecule has 106 valence electrons. The molecule has 0 aliphatic carbocycles. The first kappa shape index (κ1) is 14.2. The summed E-state index contributed by atoms with van der Waals surface area (Å²) >= 11 is 1.03. The number of nitrogens with one attached hydrogen (secondary N) is 1. The van der Waals surface area contributed by atoms with E-state index in [1.54, 1.807) is 19.1 Å². The maximum absolute atomic E-state index is 12.0.